The van der Waals surface area contributed by atoms with E-state index in [1.54, 1.807) is 12.1 Å². The van der Waals surface area contributed by atoms with Crippen molar-refractivity contribution in [3.63, 3.8) is 0 Å². The topological polar surface area (TPSA) is 37.3 Å². The molecule has 2 aromatic carbocycles. The van der Waals surface area contributed by atoms with E-state index in [9.17, 15) is 4.79 Å². The molecule has 0 aliphatic heterocycles. The van der Waals surface area contributed by atoms with E-state index in [2.05, 4.69) is 15.9 Å². The molecule has 2 aromatic rings. The molecule has 0 atom stereocenters. The molecule has 15 heavy (non-hydrogen) atoms. The van der Waals surface area contributed by atoms with Gasteiger partial charge < -0.3 is 5.11 Å². The Morgan fingerprint density at radius 2 is 2.07 bits per heavy atom. The fourth-order valence-electron chi connectivity index (χ4n) is 1.59. The number of carboxylic acids is 1. The number of hydrogen-bond acceptors (Lipinski definition) is 1. The summed E-state index contributed by atoms with van der Waals surface area (Å²) >= 11 is 3.39. The molecule has 0 fully saturated rings. The maximum atomic E-state index is 10.8. The minimum absolute atomic E-state index is 0.330. The van der Waals surface area contributed by atoms with E-state index in [1.165, 1.54) is 0 Å². The molecular weight excluding hydrogens is 256 g/mol. The fraction of sp³-hybridized carbons (Fsp3) is 0.0833. The minimum atomic E-state index is -0.888. The molecule has 0 bridgehead atoms. The maximum absolute atomic E-state index is 10.8. The Morgan fingerprint density at radius 1 is 1.27 bits per heavy atom. The number of carbonyl (C=O) groups is 1. The van der Waals surface area contributed by atoms with E-state index in [0.29, 0.717) is 5.56 Å². The Hall–Kier alpha value is -1.35. The van der Waals surface area contributed by atoms with Gasteiger partial charge in [0.15, 0.2) is 0 Å². The molecule has 0 saturated carbocycles. The molecule has 0 aromatic heterocycles. The zero-order chi connectivity index (χ0) is 10.8. The summed E-state index contributed by atoms with van der Waals surface area (Å²) in [5.41, 5.74) is 1.44. The van der Waals surface area contributed by atoms with Gasteiger partial charge in [0.25, 0.3) is 0 Å². The average molecular weight is 265 g/mol. The van der Waals surface area contributed by atoms with E-state index in [1.807, 2.05) is 24.3 Å². The molecule has 1 N–H and O–H groups in total. The lowest BCUT2D eigenvalue weighted by atomic mass is 10.0. The first-order valence-corrected chi connectivity index (χ1v) is 5.65. The number of halogens is 1. The van der Waals surface area contributed by atoms with Gasteiger partial charge in [0.1, 0.15) is 0 Å². The van der Waals surface area contributed by atoms with Crippen LogP contribution >= 0.6 is 15.9 Å². The summed E-state index contributed by atoms with van der Waals surface area (Å²) in [5, 5.41) is 11.7. The van der Waals surface area contributed by atoms with Crippen LogP contribution < -0.4 is 0 Å². The number of benzene rings is 2. The second kappa shape index (κ2) is 4.03. The summed E-state index contributed by atoms with van der Waals surface area (Å²) in [4.78, 5) is 10.8. The van der Waals surface area contributed by atoms with Crippen molar-refractivity contribution in [3.8, 4) is 0 Å². The van der Waals surface area contributed by atoms with Gasteiger partial charge in [-0.25, -0.2) is 4.79 Å². The molecule has 3 heteroatoms. The predicted molar refractivity (Wildman–Crippen MR) is 63.5 cm³/mol. The van der Waals surface area contributed by atoms with Crippen LogP contribution in [0.1, 0.15) is 15.9 Å². The normalized spacial score (nSPS) is 10.5. The van der Waals surface area contributed by atoms with Crippen molar-refractivity contribution in [2.75, 3.05) is 0 Å². The number of fused-ring (bicyclic) bond motifs is 1. The number of hydrogen-bond donors (Lipinski definition) is 1. The lowest BCUT2D eigenvalue weighted by Crippen LogP contribution is -1.96. The van der Waals surface area contributed by atoms with Gasteiger partial charge in [-0.3, -0.25) is 0 Å². The molecule has 0 aliphatic carbocycles. The fourth-order valence-corrected chi connectivity index (χ4v) is 2.08. The smallest absolute Gasteiger partial charge is 0.335 e. The van der Waals surface area contributed by atoms with Crippen LogP contribution in [0.15, 0.2) is 36.4 Å². The van der Waals surface area contributed by atoms with Gasteiger partial charge in [-0.1, -0.05) is 40.2 Å². The second-order valence-corrected chi connectivity index (χ2v) is 3.85. The summed E-state index contributed by atoms with van der Waals surface area (Å²) in [5.74, 6) is -0.888. The minimum Gasteiger partial charge on any atom is -0.478 e. The van der Waals surface area contributed by atoms with Crippen molar-refractivity contribution >= 4 is 32.7 Å². The molecule has 0 unspecified atom stereocenters. The monoisotopic (exact) mass is 264 g/mol. The Labute approximate surface area is 95.7 Å². The quantitative estimate of drug-likeness (QED) is 0.844. The maximum Gasteiger partial charge on any atom is 0.335 e. The SMILES string of the molecule is O=C(O)c1ccc2cccc(CBr)c2c1. The van der Waals surface area contributed by atoms with Crippen molar-refractivity contribution in [1.29, 1.82) is 0 Å². The number of rotatable bonds is 2. The molecule has 0 aliphatic rings. The lowest BCUT2D eigenvalue weighted by molar-refractivity contribution is 0.0697. The van der Waals surface area contributed by atoms with Crippen LogP contribution in [-0.4, -0.2) is 11.1 Å². The molecule has 0 heterocycles. The largest absolute Gasteiger partial charge is 0.478 e. The van der Waals surface area contributed by atoms with Crippen LogP contribution in [0.4, 0.5) is 0 Å². The van der Waals surface area contributed by atoms with Crippen molar-refractivity contribution in [3.05, 3.63) is 47.5 Å². The number of alkyl halides is 1. The van der Waals surface area contributed by atoms with Gasteiger partial charge in [-0.05, 0) is 28.5 Å². The molecule has 0 amide bonds. The van der Waals surface area contributed by atoms with E-state index in [0.717, 1.165) is 21.7 Å². The molecule has 0 radical (unpaired) electrons. The highest BCUT2D eigenvalue weighted by atomic mass is 79.9. The lowest BCUT2D eigenvalue weighted by Gasteiger charge is -2.04. The van der Waals surface area contributed by atoms with Crippen LogP contribution in [0, 0.1) is 0 Å². The first-order chi connectivity index (χ1) is 7.22. The highest BCUT2D eigenvalue weighted by Gasteiger charge is 2.05. The Balaban J connectivity index is 2.72. The summed E-state index contributed by atoms with van der Waals surface area (Å²) in [7, 11) is 0. The van der Waals surface area contributed by atoms with Crippen LogP contribution in [0.2, 0.25) is 0 Å². The Kier molecular flexibility index (Phi) is 2.73. The van der Waals surface area contributed by atoms with Crippen LogP contribution in [-0.2, 0) is 5.33 Å². The molecule has 76 valence electrons. The van der Waals surface area contributed by atoms with Crippen LogP contribution in [0.3, 0.4) is 0 Å². The second-order valence-electron chi connectivity index (χ2n) is 3.29. The number of carboxylic acid groups (broad SMARTS) is 1. The third kappa shape index (κ3) is 1.88. The summed E-state index contributed by atoms with van der Waals surface area (Å²) in [6.45, 7) is 0. The number of aromatic carboxylic acids is 1. The summed E-state index contributed by atoms with van der Waals surface area (Å²) < 4.78 is 0. The molecular formula is C12H9BrO2. The highest BCUT2D eigenvalue weighted by Crippen LogP contribution is 2.22. The third-order valence-corrected chi connectivity index (χ3v) is 2.97. The first kappa shape index (κ1) is 10.2. The molecule has 0 saturated heterocycles. The zero-order valence-electron chi connectivity index (χ0n) is 7.90. The van der Waals surface area contributed by atoms with Gasteiger partial charge >= 0.3 is 5.97 Å². The van der Waals surface area contributed by atoms with Gasteiger partial charge in [0.2, 0.25) is 0 Å². The molecule has 0 spiro atoms. The van der Waals surface area contributed by atoms with Crippen molar-refractivity contribution in [1.82, 2.24) is 0 Å². The van der Waals surface area contributed by atoms with Gasteiger partial charge in [-0.2, -0.15) is 0 Å². The standard InChI is InChI=1S/C12H9BrO2/c13-7-10-3-1-2-8-4-5-9(12(14)15)6-11(8)10/h1-6H,7H2,(H,14,15). The van der Waals surface area contributed by atoms with Gasteiger partial charge in [0.05, 0.1) is 5.56 Å². The van der Waals surface area contributed by atoms with E-state index < -0.39 is 5.97 Å². The van der Waals surface area contributed by atoms with E-state index in [-0.39, 0.29) is 0 Å². The zero-order valence-corrected chi connectivity index (χ0v) is 9.49. The predicted octanol–water partition coefficient (Wildman–Crippen LogP) is 3.43. The third-order valence-electron chi connectivity index (χ3n) is 2.36. The van der Waals surface area contributed by atoms with E-state index >= 15 is 0 Å². The summed E-state index contributed by atoms with van der Waals surface area (Å²) in [6, 6.07) is 11.1. The van der Waals surface area contributed by atoms with Crippen molar-refractivity contribution in [2.45, 2.75) is 5.33 Å². The van der Waals surface area contributed by atoms with Crippen LogP contribution in [0.5, 0.6) is 0 Å². The van der Waals surface area contributed by atoms with E-state index in [4.69, 9.17) is 5.11 Å². The van der Waals surface area contributed by atoms with Gasteiger partial charge in [-0.15, -0.1) is 0 Å². The Bertz CT molecular complexity index is 520. The molecule has 2 rings (SSSR count). The Morgan fingerprint density at radius 3 is 2.73 bits per heavy atom. The highest BCUT2D eigenvalue weighted by molar-refractivity contribution is 9.08. The van der Waals surface area contributed by atoms with Crippen LogP contribution in [0.25, 0.3) is 10.8 Å². The van der Waals surface area contributed by atoms with Crippen molar-refractivity contribution in [2.24, 2.45) is 0 Å². The van der Waals surface area contributed by atoms with Gasteiger partial charge in [0, 0.05) is 5.33 Å². The molecule has 2 nitrogen and oxygen atoms in total. The van der Waals surface area contributed by atoms with Crippen molar-refractivity contribution < 1.29 is 9.90 Å². The first-order valence-electron chi connectivity index (χ1n) is 4.53. The average Bonchev–Trinajstić information content (AvgIpc) is 2.27. The summed E-state index contributed by atoms with van der Waals surface area (Å²) in [6.07, 6.45) is 0.